The van der Waals surface area contributed by atoms with Gasteiger partial charge in [-0.05, 0) is 67.4 Å². The maximum absolute atomic E-state index is 13.5. The molecule has 0 radical (unpaired) electrons. The summed E-state index contributed by atoms with van der Waals surface area (Å²) in [5.74, 6) is -0.416. The molecule has 5 heteroatoms. The summed E-state index contributed by atoms with van der Waals surface area (Å²) in [5.41, 5.74) is 5.66. The number of fused-ring (bicyclic) bond motifs is 1. The first-order valence-electron chi connectivity index (χ1n) is 10.2. The van der Waals surface area contributed by atoms with Gasteiger partial charge in [0.05, 0.1) is 12.1 Å². The molecule has 3 aromatic carbocycles. The highest BCUT2D eigenvalue weighted by Crippen LogP contribution is 2.35. The van der Waals surface area contributed by atoms with Gasteiger partial charge in [-0.2, -0.15) is 0 Å². The molecule has 1 N–H and O–H groups in total. The zero-order valence-corrected chi connectivity index (χ0v) is 17.9. The molecule has 0 aliphatic heterocycles. The van der Waals surface area contributed by atoms with Gasteiger partial charge in [0.15, 0.2) is 0 Å². The maximum atomic E-state index is 13.5. The van der Waals surface area contributed by atoms with Gasteiger partial charge in [0.1, 0.15) is 5.82 Å². The molecule has 0 fully saturated rings. The maximum Gasteiger partial charge on any atom is 0.251 e. The van der Waals surface area contributed by atoms with Crippen LogP contribution in [0.4, 0.5) is 4.39 Å². The summed E-state index contributed by atoms with van der Waals surface area (Å²) in [5, 5.41) is 3.93. The van der Waals surface area contributed by atoms with Gasteiger partial charge in [0, 0.05) is 41.5 Å². The number of carbonyl (C=O) groups excluding carboxylic acids is 1. The van der Waals surface area contributed by atoms with E-state index in [2.05, 4.69) is 30.6 Å². The van der Waals surface area contributed by atoms with Crippen molar-refractivity contribution in [1.29, 1.82) is 0 Å². The molecule has 0 bridgehead atoms. The Balaban J connectivity index is 1.86. The molecule has 31 heavy (non-hydrogen) atoms. The van der Waals surface area contributed by atoms with Gasteiger partial charge < -0.3 is 14.6 Å². The SMILES string of the molecule is COCC(C)NC(=O)c1ccc2c(c1)c(-c1ccccc1C)cn2-c1ccc(F)cc1. The molecule has 1 aromatic heterocycles. The fourth-order valence-corrected chi connectivity index (χ4v) is 3.88. The Labute approximate surface area is 181 Å². The second-order valence-electron chi connectivity index (χ2n) is 7.77. The van der Waals surface area contributed by atoms with Gasteiger partial charge in [-0.15, -0.1) is 0 Å². The van der Waals surface area contributed by atoms with Crippen molar-refractivity contribution < 1.29 is 13.9 Å². The number of hydrogen-bond acceptors (Lipinski definition) is 2. The molecule has 0 aliphatic carbocycles. The number of ether oxygens (including phenoxy) is 1. The van der Waals surface area contributed by atoms with Crippen LogP contribution in [0.3, 0.4) is 0 Å². The molecular formula is C26H25FN2O2. The van der Waals surface area contributed by atoms with Crippen LogP contribution >= 0.6 is 0 Å². The van der Waals surface area contributed by atoms with E-state index in [1.807, 2.05) is 41.8 Å². The average Bonchev–Trinajstić information content (AvgIpc) is 3.13. The number of methoxy groups -OCH3 is 1. The lowest BCUT2D eigenvalue weighted by Crippen LogP contribution is -2.35. The van der Waals surface area contributed by atoms with Crippen molar-refractivity contribution in [3.05, 3.63) is 89.9 Å². The molecule has 1 unspecified atom stereocenters. The summed E-state index contributed by atoms with van der Waals surface area (Å²) in [4.78, 5) is 12.8. The number of halogens is 1. The smallest absolute Gasteiger partial charge is 0.251 e. The second kappa shape index (κ2) is 8.74. The molecule has 4 aromatic rings. The van der Waals surface area contributed by atoms with Crippen LogP contribution in [0.15, 0.2) is 72.9 Å². The summed E-state index contributed by atoms with van der Waals surface area (Å²) < 4.78 is 20.6. The quantitative estimate of drug-likeness (QED) is 0.450. The van der Waals surface area contributed by atoms with Gasteiger partial charge in [0.25, 0.3) is 5.91 Å². The Kier molecular flexibility index (Phi) is 5.87. The highest BCUT2D eigenvalue weighted by Gasteiger charge is 2.16. The summed E-state index contributed by atoms with van der Waals surface area (Å²) >= 11 is 0. The Morgan fingerprint density at radius 3 is 2.52 bits per heavy atom. The molecule has 0 aliphatic rings. The summed E-state index contributed by atoms with van der Waals surface area (Å²) in [6.45, 7) is 4.42. The molecule has 158 valence electrons. The normalized spacial score (nSPS) is 12.1. The van der Waals surface area contributed by atoms with Crippen molar-refractivity contribution in [3.63, 3.8) is 0 Å². The summed E-state index contributed by atoms with van der Waals surface area (Å²) in [6, 6.07) is 20.2. The van der Waals surface area contributed by atoms with Crippen molar-refractivity contribution in [1.82, 2.24) is 9.88 Å². The zero-order valence-electron chi connectivity index (χ0n) is 17.9. The Morgan fingerprint density at radius 2 is 1.81 bits per heavy atom. The molecule has 0 saturated carbocycles. The largest absolute Gasteiger partial charge is 0.383 e. The van der Waals surface area contributed by atoms with E-state index < -0.39 is 0 Å². The third-order valence-electron chi connectivity index (χ3n) is 5.40. The highest BCUT2D eigenvalue weighted by molar-refractivity contribution is 6.03. The molecule has 0 spiro atoms. The minimum absolute atomic E-state index is 0.0900. The third kappa shape index (κ3) is 4.23. The third-order valence-corrected chi connectivity index (χ3v) is 5.40. The number of amides is 1. The Hall–Kier alpha value is -3.44. The fraction of sp³-hybridized carbons (Fsp3) is 0.192. The predicted molar refractivity (Wildman–Crippen MR) is 122 cm³/mol. The number of carbonyl (C=O) groups is 1. The Bertz CT molecular complexity index is 1230. The molecule has 1 amide bonds. The van der Waals surface area contributed by atoms with E-state index in [0.717, 1.165) is 33.3 Å². The van der Waals surface area contributed by atoms with Crippen LogP contribution in [0.1, 0.15) is 22.8 Å². The van der Waals surface area contributed by atoms with Crippen molar-refractivity contribution in [2.75, 3.05) is 13.7 Å². The second-order valence-corrected chi connectivity index (χ2v) is 7.77. The van der Waals surface area contributed by atoms with E-state index in [4.69, 9.17) is 4.74 Å². The van der Waals surface area contributed by atoms with Crippen LogP contribution in [0.25, 0.3) is 27.7 Å². The van der Waals surface area contributed by atoms with E-state index in [1.54, 1.807) is 19.2 Å². The van der Waals surface area contributed by atoms with E-state index in [1.165, 1.54) is 12.1 Å². The van der Waals surface area contributed by atoms with Crippen molar-refractivity contribution in [3.8, 4) is 16.8 Å². The van der Waals surface area contributed by atoms with Crippen molar-refractivity contribution in [2.45, 2.75) is 19.9 Å². The summed E-state index contributed by atoms with van der Waals surface area (Å²) in [7, 11) is 1.61. The topological polar surface area (TPSA) is 43.3 Å². The van der Waals surface area contributed by atoms with Gasteiger partial charge >= 0.3 is 0 Å². The molecule has 4 rings (SSSR count). The van der Waals surface area contributed by atoms with Crippen LogP contribution in [-0.2, 0) is 4.74 Å². The highest BCUT2D eigenvalue weighted by atomic mass is 19.1. The monoisotopic (exact) mass is 416 g/mol. The molecule has 1 heterocycles. The summed E-state index contributed by atoms with van der Waals surface area (Å²) in [6.07, 6.45) is 2.05. The predicted octanol–water partition coefficient (Wildman–Crippen LogP) is 5.51. The van der Waals surface area contributed by atoms with E-state index >= 15 is 0 Å². The number of aryl methyl sites for hydroxylation is 1. The Morgan fingerprint density at radius 1 is 1.06 bits per heavy atom. The standard InChI is InChI=1S/C26H25FN2O2/c1-17-6-4-5-7-22(17)24-15-29(21-11-9-20(27)10-12-21)25-13-8-19(14-23(24)25)26(30)28-18(2)16-31-3/h4-15,18H,16H2,1-3H3,(H,28,30). The van der Waals surface area contributed by atoms with Crippen LogP contribution in [0, 0.1) is 12.7 Å². The van der Waals surface area contributed by atoms with E-state index in [0.29, 0.717) is 12.2 Å². The van der Waals surface area contributed by atoms with Crippen LogP contribution < -0.4 is 5.32 Å². The van der Waals surface area contributed by atoms with Gasteiger partial charge in [0.2, 0.25) is 0 Å². The van der Waals surface area contributed by atoms with Crippen LogP contribution in [0.2, 0.25) is 0 Å². The van der Waals surface area contributed by atoms with Gasteiger partial charge in [-0.25, -0.2) is 4.39 Å². The molecule has 1 atom stereocenters. The lowest BCUT2D eigenvalue weighted by atomic mass is 9.99. The van der Waals surface area contributed by atoms with E-state index in [9.17, 15) is 9.18 Å². The lowest BCUT2D eigenvalue weighted by molar-refractivity contribution is 0.0905. The van der Waals surface area contributed by atoms with Crippen molar-refractivity contribution in [2.24, 2.45) is 0 Å². The van der Waals surface area contributed by atoms with Crippen LogP contribution in [0.5, 0.6) is 0 Å². The number of hydrogen-bond donors (Lipinski definition) is 1. The van der Waals surface area contributed by atoms with Gasteiger partial charge in [-0.1, -0.05) is 24.3 Å². The van der Waals surface area contributed by atoms with Crippen molar-refractivity contribution >= 4 is 16.8 Å². The minimum atomic E-state index is -0.275. The van der Waals surface area contributed by atoms with Gasteiger partial charge in [-0.3, -0.25) is 4.79 Å². The number of nitrogens with zero attached hydrogens (tertiary/aromatic N) is 1. The molecule has 0 saturated heterocycles. The van der Waals surface area contributed by atoms with E-state index in [-0.39, 0.29) is 17.8 Å². The molecule has 4 nitrogen and oxygen atoms in total. The first kappa shape index (κ1) is 20.8. The fourth-order valence-electron chi connectivity index (χ4n) is 3.88. The number of nitrogens with one attached hydrogen (secondary N) is 1. The first-order valence-corrected chi connectivity index (χ1v) is 10.2. The molecular weight excluding hydrogens is 391 g/mol. The zero-order chi connectivity index (χ0) is 22.0. The first-order chi connectivity index (χ1) is 15.0. The van der Waals surface area contributed by atoms with Crippen LogP contribution in [-0.4, -0.2) is 30.2 Å². The number of rotatable bonds is 6. The number of benzene rings is 3. The minimum Gasteiger partial charge on any atom is -0.383 e. The number of aromatic nitrogens is 1. The lowest BCUT2D eigenvalue weighted by Gasteiger charge is -2.13. The average molecular weight is 416 g/mol.